The minimum Gasteiger partial charge on any atom is -0.493 e. The number of aryl methyl sites for hydroxylation is 1. The van der Waals surface area contributed by atoms with Crippen LogP contribution in [0.4, 0.5) is 0 Å². The molecule has 0 bridgehead atoms. The predicted octanol–water partition coefficient (Wildman–Crippen LogP) is 3.66. The third-order valence-electron chi connectivity index (χ3n) is 5.17. The number of nitrogens with zero attached hydrogens (tertiary/aromatic N) is 2. The van der Waals surface area contributed by atoms with Crippen LogP contribution in [0.1, 0.15) is 29.3 Å². The Labute approximate surface area is 182 Å². The number of rotatable bonds is 7. The summed E-state index contributed by atoms with van der Waals surface area (Å²) in [7, 11) is 1.61. The van der Waals surface area contributed by atoms with Gasteiger partial charge in [-0.25, -0.2) is 0 Å². The molecular formula is C23H27ClN2O4. The number of carbonyl (C=O) groups excluding carboxylic acids is 2. The van der Waals surface area contributed by atoms with Crippen LogP contribution in [0.25, 0.3) is 0 Å². The summed E-state index contributed by atoms with van der Waals surface area (Å²) in [6.45, 7) is 4.65. The van der Waals surface area contributed by atoms with E-state index < -0.39 is 0 Å². The number of ether oxygens (including phenoxy) is 2. The monoisotopic (exact) mass is 430 g/mol. The second kappa shape index (κ2) is 10.3. The standard InChI is InChI=1S/C23H27ClN2O4/c1-3-30-20-10-4-17(16-21(20)29-2)5-11-22(27)25-12-14-26(15-13-25)23(28)18-6-8-19(24)9-7-18/h4,6-10,16H,3,5,11-15H2,1-2H3. The van der Waals surface area contributed by atoms with Crippen LogP contribution in [-0.4, -0.2) is 61.5 Å². The molecule has 1 fully saturated rings. The number of halogens is 1. The van der Waals surface area contributed by atoms with Gasteiger partial charge in [0.25, 0.3) is 5.91 Å². The molecule has 0 saturated carbocycles. The third kappa shape index (κ3) is 5.45. The first kappa shape index (κ1) is 22.0. The fourth-order valence-electron chi connectivity index (χ4n) is 3.49. The number of benzene rings is 2. The molecule has 0 aromatic heterocycles. The zero-order chi connectivity index (χ0) is 21.5. The third-order valence-corrected chi connectivity index (χ3v) is 5.42. The highest BCUT2D eigenvalue weighted by Gasteiger charge is 2.24. The van der Waals surface area contributed by atoms with Crippen molar-refractivity contribution >= 4 is 23.4 Å². The Bertz CT molecular complexity index is 877. The SMILES string of the molecule is CCOc1ccc(CCC(=O)N2CCN(C(=O)c3ccc(Cl)cc3)CC2)cc1OC. The van der Waals surface area contributed by atoms with Crippen molar-refractivity contribution in [1.29, 1.82) is 0 Å². The van der Waals surface area contributed by atoms with Crippen LogP contribution in [0, 0.1) is 0 Å². The van der Waals surface area contributed by atoms with Crippen molar-refractivity contribution in [3.05, 3.63) is 58.6 Å². The molecule has 1 aliphatic rings. The van der Waals surface area contributed by atoms with Gasteiger partial charge in [-0.05, 0) is 55.3 Å². The zero-order valence-electron chi connectivity index (χ0n) is 17.4. The van der Waals surface area contributed by atoms with Crippen molar-refractivity contribution in [2.75, 3.05) is 39.9 Å². The van der Waals surface area contributed by atoms with Gasteiger partial charge in [-0.15, -0.1) is 0 Å². The summed E-state index contributed by atoms with van der Waals surface area (Å²) in [5.41, 5.74) is 1.64. The van der Waals surface area contributed by atoms with E-state index in [2.05, 4.69) is 0 Å². The molecule has 30 heavy (non-hydrogen) atoms. The quantitative estimate of drug-likeness (QED) is 0.672. The van der Waals surface area contributed by atoms with E-state index in [4.69, 9.17) is 21.1 Å². The van der Waals surface area contributed by atoms with Gasteiger partial charge in [0.15, 0.2) is 11.5 Å². The van der Waals surface area contributed by atoms with E-state index in [0.29, 0.717) is 67.7 Å². The van der Waals surface area contributed by atoms with E-state index in [1.54, 1.807) is 36.3 Å². The van der Waals surface area contributed by atoms with Gasteiger partial charge in [-0.1, -0.05) is 17.7 Å². The lowest BCUT2D eigenvalue weighted by Crippen LogP contribution is -2.50. The second-order valence-electron chi connectivity index (χ2n) is 7.10. The van der Waals surface area contributed by atoms with Crippen LogP contribution < -0.4 is 9.47 Å². The Kier molecular flexibility index (Phi) is 7.57. The lowest BCUT2D eigenvalue weighted by Gasteiger charge is -2.35. The number of carbonyl (C=O) groups is 2. The average Bonchev–Trinajstić information content (AvgIpc) is 2.78. The molecule has 160 valence electrons. The molecule has 2 amide bonds. The van der Waals surface area contributed by atoms with E-state index in [9.17, 15) is 9.59 Å². The molecule has 3 rings (SSSR count). The Balaban J connectivity index is 1.49. The number of amides is 2. The minimum atomic E-state index is -0.0275. The maximum Gasteiger partial charge on any atom is 0.253 e. The first-order valence-electron chi connectivity index (χ1n) is 10.1. The molecule has 1 saturated heterocycles. The van der Waals surface area contributed by atoms with Crippen molar-refractivity contribution in [1.82, 2.24) is 9.80 Å². The van der Waals surface area contributed by atoms with Crippen molar-refractivity contribution in [3.8, 4) is 11.5 Å². The highest BCUT2D eigenvalue weighted by molar-refractivity contribution is 6.30. The van der Waals surface area contributed by atoms with Crippen LogP contribution in [0.3, 0.4) is 0 Å². The topological polar surface area (TPSA) is 59.1 Å². The Morgan fingerprint density at radius 1 is 0.967 bits per heavy atom. The maximum atomic E-state index is 12.6. The van der Waals surface area contributed by atoms with E-state index in [-0.39, 0.29) is 11.8 Å². The Morgan fingerprint density at radius 3 is 2.27 bits per heavy atom. The number of hydrogen-bond donors (Lipinski definition) is 0. The molecular weight excluding hydrogens is 404 g/mol. The summed E-state index contributed by atoms with van der Waals surface area (Å²) in [6.07, 6.45) is 1.05. The van der Waals surface area contributed by atoms with Crippen LogP contribution >= 0.6 is 11.6 Å². The van der Waals surface area contributed by atoms with Gasteiger partial charge < -0.3 is 19.3 Å². The molecule has 2 aromatic rings. The zero-order valence-corrected chi connectivity index (χ0v) is 18.2. The first-order chi connectivity index (χ1) is 14.5. The summed E-state index contributed by atoms with van der Waals surface area (Å²) in [5.74, 6) is 1.45. The maximum absolute atomic E-state index is 12.6. The van der Waals surface area contributed by atoms with Crippen molar-refractivity contribution in [3.63, 3.8) is 0 Å². The van der Waals surface area contributed by atoms with E-state index >= 15 is 0 Å². The largest absolute Gasteiger partial charge is 0.493 e. The average molecular weight is 431 g/mol. The first-order valence-corrected chi connectivity index (χ1v) is 10.5. The fourth-order valence-corrected chi connectivity index (χ4v) is 3.61. The molecule has 1 heterocycles. The molecule has 0 radical (unpaired) electrons. The number of piperazine rings is 1. The van der Waals surface area contributed by atoms with E-state index in [1.165, 1.54) is 0 Å². The van der Waals surface area contributed by atoms with Gasteiger partial charge >= 0.3 is 0 Å². The van der Waals surface area contributed by atoms with Crippen LogP contribution in [0.5, 0.6) is 11.5 Å². The highest BCUT2D eigenvalue weighted by atomic mass is 35.5. The number of methoxy groups -OCH3 is 1. The molecule has 0 aliphatic carbocycles. The summed E-state index contributed by atoms with van der Waals surface area (Å²) < 4.78 is 10.9. The normalized spacial score (nSPS) is 13.8. The van der Waals surface area contributed by atoms with Gasteiger partial charge in [-0.3, -0.25) is 9.59 Å². The smallest absolute Gasteiger partial charge is 0.253 e. The van der Waals surface area contributed by atoms with E-state index in [1.807, 2.05) is 30.0 Å². The molecule has 1 aliphatic heterocycles. The molecule has 0 unspecified atom stereocenters. The molecule has 0 atom stereocenters. The molecule has 7 heteroatoms. The number of hydrogen-bond acceptors (Lipinski definition) is 4. The van der Waals surface area contributed by atoms with Crippen LogP contribution in [0.15, 0.2) is 42.5 Å². The highest BCUT2D eigenvalue weighted by Crippen LogP contribution is 2.28. The minimum absolute atomic E-state index is 0.0275. The van der Waals surface area contributed by atoms with E-state index in [0.717, 1.165) is 5.56 Å². The predicted molar refractivity (Wildman–Crippen MR) is 116 cm³/mol. The molecule has 6 nitrogen and oxygen atoms in total. The molecule has 0 spiro atoms. The molecule has 2 aromatic carbocycles. The Morgan fingerprint density at radius 2 is 1.63 bits per heavy atom. The summed E-state index contributed by atoms with van der Waals surface area (Å²) in [6, 6.07) is 12.6. The van der Waals surface area contributed by atoms with Gasteiger partial charge in [0.05, 0.1) is 13.7 Å². The van der Waals surface area contributed by atoms with Crippen molar-refractivity contribution in [2.24, 2.45) is 0 Å². The summed E-state index contributed by atoms with van der Waals surface area (Å²) in [4.78, 5) is 28.8. The van der Waals surface area contributed by atoms with Gasteiger partial charge in [-0.2, -0.15) is 0 Å². The summed E-state index contributed by atoms with van der Waals surface area (Å²) in [5, 5.41) is 0.604. The summed E-state index contributed by atoms with van der Waals surface area (Å²) >= 11 is 5.89. The van der Waals surface area contributed by atoms with Gasteiger partial charge in [0.2, 0.25) is 5.91 Å². The van der Waals surface area contributed by atoms with Crippen molar-refractivity contribution < 1.29 is 19.1 Å². The van der Waals surface area contributed by atoms with Crippen LogP contribution in [-0.2, 0) is 11.2 Å². The fraction of sp³-hybridized carbons (Fsp3) is 0.391. The lowest BCUT2D eigenvalue weighted by molar-refractivity contribution is -0.132. The van der Waals surface area contributed by atoms with Gasteiger partial charge in [0, 0.05) is 43.2 Å². The van der Waals surface area contributed by atoms with Crippen molar-refractivity contribution in [2.45, 2.75) is 19.8 Å². The molecule has 0 N–H and O–H groups in total. The lowest BCUT2D eigenvalue weighted by atomic mass is 10.1. The Hall–Kier alpha value is -2.73. The van der Waals surface area contributed by atoms with Crippen LogP contribution in [0.2, 0.25) is 5.02 Å². The second-order valence-corrected chi connectivity index (χ2v) is 7.53. The van der Waals surface area contributed by atoms with Gasteiger partial charge in [0.1, 0.15) is 0 Å².